The molecule has 3 rings (SSSR count). The Hall–Kier alpha value is -2.44. The molecule has 7 heteroatoms. The fourth-order valence-electron chi connectivity index (χ4n) is 4.43. The summed E-state index contributed by atoms with van der Waals surface area (Å²) in [6.07, 6.45) is 8.91. The number of benzene rings is 1. The first-order valence-corrected chi connectivity index (χ1v) is 9.85. The normalized spacial score (nSPS) is 24.5. The van der Waals surface area contributed by atoms with Crippen molar-refractivity contribution in [1.82, 2.24) is 10.6 Å². The van der Waals surface area contributed by atoms with Crippen molar-refractivity contribution in [3.63, 3.8) is 0 Å². The molecule has 27 heavy (non-hydrogen) atoms. The van der Waals surface area contributed by atoms with Crippen molar-refractivity contribution in [2.45, 2.75) is 57.4 Å². The Morgan fingerprint density at radius 3 is 2.44 bits per heavy atom. The number of non-ortho nitro benzene ring substituents is 1. The van der Waals surface area contributed by atoms with Crippen LogP contribution in [-0.2, 0) is 4.79 Å². The molecule has 0 heterocycles. The number of hydrogen-bond donors (Lipinski definition) is 2. The maximum atomic E-state index is 12.2. The van der Waals surface area contributed by atoms with Crippen molar-refractivity contribution in [2.75, 3.05) is 6.54 Å². The lowest BCUT2D eigenvalue weighted by atomic mass is 9.69. The number of hydrogen-bond acceptors (Lipinski definition) is 4. The number of nitro groups is 1. The Bertz CT molecular complexity index is 689. The highest BCUT2D eigenvalue weighted by molar-refractivity contribution is 5.94. The Kier molecular flexibility index (Phi) is 6.42. The van der Waals surface area contributed by atoms with Crippen LogP contribution in [0.15, 0.2) is 24.3 Å². The monoisotopic (exact) mass is 373 g/mol. The molecule has 146 valence electrons. The van der Waals surface area contributed by atoms with Gasteiger partial charge in [0.15, 0.2) is 0 Å². The number of amides is 2. The molecule has 0 aliphatic heterocycles. The van der Waals surface area contributed by atoms with Crippen LogP contribution in [-0.4, -0.2) is 29.3 Å². The standard InChI is InChI=1S/C20H27N3O4/c24-19(22-17-8-5-14-3-1-2-4-16(14)13-17)11-12-21-20(25)15-6-9-18(10-7-15)23(26)27/h6-7,9-10,14,16-17H,1-5,8,11-13H2,(H,21,25)(H,22,24)/t14-,16-,17-/m1/s1. The zero-order valence-electron chi connectivity index (χ0n) is 15.5. The number of carbonyl (C=O) groups is 2. The van der Waals surface area contributed by atoms with Gasteiger partial charge in [-0.25, -0.2) is 0 Å². The zero-order valence-corrected chi connectivity index (χ0v) is 15.5. The minimum atomic E-state index is -0.507. The van der Waals surface area contributed by atoms with Crippen LogP contribution >= 0.6 is 0 Å². The van der Waals surface area contributed by atoms with E-state index >= 15 is 0 Å². The van der Waals surface area contributed by atoms with Crippen LogP contribution in [0, 0.1) is 22.0 Å². The Morgan fingerprint density at radius 1 is 1.04 bits per heavy atom. The average Bonchev–Trinajstić information content (AvgIpc) is 2.68. The van der Waals surface area contributed by atoms with Crippen LogP contribution in [0.3, 0.4) is 0 Å². The molecule has 2 N–H and O–H groups in total. The average molecular weight is 373 g/mol. The van der Waals surface area contributed by atoms with E-state index in [0.717, 1.165) is 24.7 Å². The molecule has 2 amide bonds. The lowest BCUT2D eigenvalue weighted by molar-refractivity contribution is -0.384. The summed E-state index contributed by atoms with van der Waals surface area (Å²) in [5.41, 5.74) is 0.287. The molecule has 2 aliphatic carbocycles. The van der Waals surface area contributed by atoms with Crippen LogP contribution in [0.4, 0.5) is 5.69 Å². The highest BCUT2D eigenvalue weighted by Crippen LogP contribution is 2.40. The lowest BCUT2D eigenvalue weighted by Crippen LogP contribution is -2.42. The van der Waals surface area contributed by atoms with Crippen LogP contribution in [0.25, 0.3) is 0 Å². The molecular formula is C20H27N3O4. The third-order valence-electron chi connectivity index (χ3n) is 5.88. The lowest BCUT2D eigenvalue weighted by Gasteiger charge is -2.39. The van der Waals surface area contributed by atoms with E-state index < -0.39 is 4.92 Å². The van der Waals surface area contributed by atoms with Gasteiger partial charge in [0.2, 0.25) is 5.91 Å². The maximum absolute atomic E-state index is 12.2. The van der Waals surface area contributed by atoms with Gasteiger partial charge in [0.25, 0.3) is 11.6 Å². The summed E-state index contributed by atoms with van der Waals surface area (Å²) >= 11 is 0. The number of fused-ring (bicyclic) bond motifs is 1. The van der Waals surface area contributed by atoms with E-state index in [1.807, 2.05) is 0 Å². The summed E-state index contributed by atoms with van der Waals surface area (Å²) in [5.74, 6) is 1.26. The highest BCUT2D eigenvalue weighted by Gasteiger charge is 2.32. The van der Waals surface area contributed by atoms with Gasteiger partial charge in [0.05, 0.1) is 4.92 Å². The van der Waals surface area contributed by atoms with E-state index in [4.69, 9.17) is 0 Å². The van der Waals surface area contributed by atoms with Crippen LogP contribution in [0.2, 0.25) is 0 Å². The Morgan fingerprint density at radius 2 is 1.74 bits per heavy atom. The molecule has 2 aliphatic rings. The van der Waals surface area contributed by atoms with Crippen molar-refractivity contribution in [2.24, 2.45) is 11.8 Å². The van der Waals surface area contributed by atoms with Crippen molar-refractivity contribution < 1.29 is 14.5 Å². The van der Waals surface area contributed by atoms with Gasteiger partial charge in [0, 0.05) is 36.7 Å². The van der Waals surface area contributed by atoms with E-state index in [2.05, 4.69) is 10.6 Å². The number of nitrogens with zero attached hydrogens (tertiary/aromatic N) is 1. The summed E-state index contributed by atoms with van der Waals surface area (Å²) in [4.78, 5) is 34.3. The zero-order chi connectivity index (χ0) is 19.2. The van der Waals surface area contributed by atoms with Gasteiger partial charge in [0.1, 0.15) is 0 Å². The van der Waals surface area contributed by atoms with Crippen LogP contribution in [0.1, 0.15) is 61.7 Å². The first-order valence-electron chi connectivity index (χ1n) is 9.85. The summed E-state index contributed by atoms with van der Waals surface area (Å²) in [6.45, 7) is 0.250. The highest BCUT2D eigenvalue weighted by atomic mass is 16.6. The van der Waals surface area contributed by atoms with Gasteiger partial charge >= 0.3 is 0 Å². The first-order chi connectivity index (χ1) is 13.0. The van der Waals surface area contributed by atoms with Crippen LogP contribution < -0.4 is 10.6 Å². The number of carbonyl (C=O) groups excluding carboxylic acids is 2. The van der Waals surface area contributed by atoms with Crippen molar-refractivity contribution in [1.29, 1.82) is 0 Å². The molecular weight excluding hydrogens is 346 g/mol. The fourth-order valence-corrected chi connectivity index (χ4v) is 4.43. The minimum Gasteiger partial charge on any atom is -0.353 e. The summed E-state index contributed by atoms with van der Waals surface area (Å²) < 4.78 is 0. The van der Waals surface area contributed by atoms with Gasteiger partial charge in [-0.05, 0) is 43.2 Å². The molecule has 2 fully saturated rings. The maximum Gasteiger partial charge on any atom is 0.269 e. The van der Waals surface area contributed by atoms with E-state index in [9.17, 15) is 19.7 Å². The molecule has 2 saturated carbocycles. The van der Waals surface area contributed by atoms with Gasteiger partial charge in [-0.1, -0.05) is 25.7 Å². The van der Waals surface area contributed by atoms with E-state index in [0.29, 0.717) is 5.56 Å². The van der Waals surface area contributed by atoms with Gasteiger partial charge in [-0.15, -0.1) is 0 Å². The number of rotatable bonds is 6. The molecule has 0 spiro atoms. The quantitative estimate of drug-likeness (QED) is 0.590. The van der Waals surface area contributed by atoms with Gasteiger partial charge < -0.3 is 10.6 Å². The molecule has 0 radical (unpaired) electrons. The van der Waals surface area contributed by atoms with Crippen LogP contribution in [0.5, 0.6) is 0 Å². The molecule has 1 aromatic rings. The predicted molar refractivity (Wildman–Crippen MR) is 101 cm³/mol. The second-order valence-electron chi connectivity index (χ2n) is 7.69. The molecule has 0 aromatic heterocycles. The van der Waals surface area contributed by atoms with Gasteiger partial charge in [-0.2, -0.15) is 0 Å². The van der Waals surface area contributed by atoms with E-state index in [1.165, 1.54) is 56.4 Å². The molecule has 0 saturated heterocycles. The molecule has 0 unspecified atom stereocenters. The number of nitro benzene ring substituents is 1. The minimum absolute atomic E-state index is 0.0294. The first kappa shape index (κ1) is 19.3. The summed E-state index contributed by atoms with van der Waals surface area (Å²) in [5, 5.41) is 16.4. The third kappa shape index (κ3) is 5.28. The second-order valence-corrected chi connectivity index (χ2v) is 7.69. The molecule has 1 aromatic carbocycles. The predicted octanol–water partition coefficient (Wildman–Crippen LogP) is 3.19. The molecule has 0 bridgehead atoms. The second kappa shape index (κ2) is 8.97. The number of nitrogens with one attached hydrogen (secondary N) is 2. The topological polar surface area (TPSA) is 101 Å². The van der Waals surface area contributed by atoms with Crippen molar-refractivity contribution >= 4 is 17.5 Å². The van der Waals surface area contributed by atoms with E-state index in [1.54, 1.807) is 0 Å². The Labute approximate surface area is 159 Å². The SMILES string of the molecule is O=C(CCNC(=O)c1ccc([N+](=O)[O-])cc1)N[C@@H]1CC[C@H]2CCCC[C@@H]2C1. The summed E-state index contributed by atoms with van der Waals surface area (Å²) in [7, 11) is 0. The van der Waals surface area contributed by atoms with E-state index in [-0.39, 0.29) is 36.5 Å². The third-order valence-corrected chi connectivity index (χ3v) is 5.88. The largest absolute Gasteiger partial charge is 0.353 e. The molecule has 3 atom stereocenters. The molecule has 7 nitrogen and oxygen atoms in total. The van der Waals surface area contributed by atoms with Gasteiger partial charge in [-0.3, -0.25) is 19.7 Å². The van der Waals surface area contributed by atoms with Crippen molar-refractivity contribution in [3.05, 3.63) is 39.9 Å². The summed E-state index contributed by atoms with van der Waals surface area (Å²) in [6, 6.07) is 5.68. The van der Waals surface area contributed by atoms with Crippen molar-refractivity contribution in [3.8, 4) is 0 Å². The fraction of sp³-hybridized carbons (Fsp3) is 0.600. The Balaban J connectivity index is 1.37. The smallest absolute Gasteiger partial charge is 0.269 e.